The van der Waals surface area contributed by atoms with Crippen LogP contribution in [0, 0.1) is 17.8 Å². The van der Waals surface area contributed by atoms with Gasteiger partial charge in [-0.05, 0) is 126 Å². The van der Waals surface area contributed by atoms with Crippen molar-refractivity contribution < 1.29 is 106 Å². The van der Waals surface area contributed by atoms with Gasteiger partial charge in [-0.2, -0.15) is 42.7 Å². The molecule has 586 valence electrons. The fourth-order valence-electron chi connectivity index (χ4n) is 9.65. The first-order valence-corrected chi connectivity index (χ1v) is 37.9. The summed E-state index contributed by atoms with van der Waals surface area (Å²) in [4.78, 5) is 185. The van der Waals surface area contributed by atoms with Crippen molar-refractivity contribution in [3.63, 3.8) is 0 Å². The molecule has 0 aromatic heterocycles. The molecule has 0 aliphatic carbocycles. The van der Waals surface area contributed by atoms with Crippen LogP contribution in [-0.4, -0.2) is 233 Å². The molecule has 0 saturated carbocycles. The van der Waals surface area contributed by atoms with Crippen LogP contribution in [0.5, 0.6) is 0 Å². The Kier molecular flexibility index (Phi) is 65.5. The van der Waals surface area contributed by atoms with Gasteiger partial charge >= 0.3 is 24.4 Å². The van der Waals surface area contributed by atoms with E-state index >= 15 is 0 Å². The zero-order valence-electron chi connectivity index (χ0n) is 61.3. The Hall–Kier alpha value is -6.90. The summed E-state index contributed by atoms with van der Waals surface area (Å²) in [6, 6.07) is -6.63. The number of ether oxygens (including phenoxy) is 4. The van der Waals surface area contributed by atoms with E-state index in [0.29, 0.717) is 129 Å². The van der Waals surface area contributed by atoms with E-state index in [9.17, 15) is 62.6 Å². The van der Waals surface area contributed by atoms with Gasteiger partial charge in [0, 0.05) is 70.7 Å². The second-order valence-corrected chi connectivity index (χ2v) is 26.9. The number of likely N-dealkylation sites (N-methyl/N-ethyl adjacent to an activating group) is 1. The van der Waals surface area contributed by atoms with E-state index in [4.69, 9.17) is 49.0 Å². The molecule has 0 radical (unpaired) electrons. The van der Waals surface area contributed by atoms with Gasteiger partial charge in [0.05, 0.1) is 32.5 Å². The summed E-state index contributed by atoms with van der Waals surface area (Å²) in [6.45, 7) is 14.2. The fraction of sp³-hybridized carbons (Fsp3) is 0.794. The lowest BCUT2D eigenvalue weighted by Crippen LogP contribution is -2.61. The first-order chi connectivity index (χ1) is 48.7. The Morgan fingerprint density at radius 3 is 1.48 bits per heavy atom. The van der Waals surface area contributed by atoms with Gasteiger partial charge in [-0.25, -0.2) is 4.79 Å². The molecular formula is C68H120N10O22S2. The van der Waals surface area contributed by atoms with Gasteiger partial charge < -0.3 is 82.7 Å². The highest BCUT2D eigenvalue weighted by Crippen LogP contribution is 2.16. The van der Waals surface area contributed by atoms with Crippen LogP contribution < -0.4 is 53.6 Å². The minimum absolute atomic E-state index is 0.0216. The maximum Gasteiger partial charge on any atom is 0.404 e. The normalized spacial score (nSPS) is 13.1. The van der Waals surface area contributed by atoms with Gasteiger partial charge in [-0.1, -0.05) is 73.6 Å². The van der Waals surface area contributed by atoms with Crippen LogP contribution >= 0.6 is 23.5 Å². The number of carboxylic acids is 1. The number of unbranched alkanes of at least 4 members (excludes halogenated alkanes) is 7. The van der Waals surface area contributed by atoms with E-state index in [-0.39, 0.29) is 87.1 Å². The molecule has 0 rings (SSSR count). The number of carbonyl (C=O) groups excluding carboxylic acids is 14. The standard InChI is InChI=1S/C66H120N10O18S2.2CO2/c1-9-47(5)58(60(67)83)75-65(88)59(48(6)10-2)76-63(86)52(28-29-57(81)82)72-62(85)53(30-41-95-8)73-64(87)54(43-46(3)4)74-61(84)51(68-7)26-15-18-31-70-56(80)45-94-44-50(78)24-17-20-35-92-37-39-93-38-36-91-34-19-16-23-49(77)25-22-32-69-55(79)27-14-12-11-13-21-40-96-42-33-71-66(89)90;2*2-1-3/h46-48,51-54,58-59,68,71H,9-45H2,1-8H3,(H2,67,83)(H,69,79)(H,70,80)(H,72,85)(H,73,87)(H,74,84)(H,75,88)(H,76,86)(H,81,82)(H,89,90);;/t47-,48-,51?,52?,53-,54?,58-,59-;;/m0../s1. The van der Waals surface area contributed by atoms with Crippen molar-refractivity contribution in [2.24, 2.45) is 23.5 Å². The summed E-state index contributed by atoms with van der Waals surface area (Å²) in [5.41, 5.74) is 5.59. The summed E-state index contributed by atoms with van der Waals surface area (Å²) in [5.74, 6) is -4.38. The molecule has 9 amide bonds. The molecule has 102 heavy (non-hydrogen) atoms. The molecule has 0 aliphatic heterocycles. The molecule has 0 aromatic carbocycles. The number of carbonyl (C=O) groups is 12. The molecule has 0 bridgehead atoms. The molecule has 0 aromatic rings. The van der Waals surface area contributed by atoms with E-state index in [2.05, 4.69) is 47.9 Å². The number of hydrogen-bond acceptors (Lipinski definition) is 23. The first kappa shape index (κ1) is 99.3. The van der Waals surface area contributed by atoms with Crippen molar-refractivity contribution in [1.29, 1.82) is 0 Å². The number of carboxylic acid groups (broad SMARTS) is 2. The van der Waals surface area contributed by atoms with Crippen molar-refractivity contribution >= 4 is 107 Å². The van der Waals surface area contributed by atoms with Crippen LogP contribution in [0.4, 0.5) is 4.79 Å². The highest BCUT2D eigenvalue weighted by Gasteiger charge is 2.35. The van der Waals surface area contributed by atoms with Crippen molar-refractivity contribution in [3.05, 3.63) is 0 Å². The Labute approximate surface area is 609 Å². The fourth-order valence-corrected chi connectivity index (χ4v) is 11.0. The number of amides is 9. The van der Waals surface area contributed by atoms with Gasteiger partial charge in [-0.3, -0.25) is 52.7 Å². The summed E-state index contributed by atoms with van der Waals surface area (Å²) >= 11 is 3.14. The summed E-state index contributed by atoms with van der Waals surface area (Å²) in [5, 5.41) is 42.6. The average Bonchev–Trinajstić information content (AvgIpc) is 0.853. The number of nitrogens with one attached hydrogen (secondary N) is 9. The lowest BCUT2D eigenvalue weighted by molar-refractivity contribution is -0.193. The van der Waals surface area contributed by atoms with Crippen molar-refractivity contribution in [2.45, 2.75) is 225 Å². The number of ketones is 2. The Balaban J connectivity index is -0.0000157. The van der Waals surface area contributed by atoms with Gasteiger partial charge in [0.15, 0.2) is 5.78 Å². The van der Waals surface area contributed by atoms with Crippen LogP contribution in [-0.2, 0) is 90.9 Å². The maximum atomic E-state index is 14.0. The van der Waals surface area contributed by atoms with Crippen molar-refractivity contribution in [2.75, 3.05) is 103 Å². The molecule has 8 atom stereocenters. The van der Waals surface area contributed by atoms with Crippen molar-refractivity contribution in [3.8, 4) is 0 Å². The lowest BCUT2D eigenvalue weighted by Gasteiger charge is -2.30. The maximum absolute atomic E-state index is 14.0. The number of Topliss-reactive ketones (excluding diaryl/α,β-unsaturated/α-hetero) is 2. The summed E-state index contributed by atoms with van der Waals surface area (Å²) in [7, 11) is 1.61. The smallest absolute Gasteiger partial charge is 0.404 e. The third-order valence-corrected chi connectivity index (χ3v) is 17.5. The Bertz CT molecular complexity index is 2450. The van der Waals surface area contributed by atoms with E-state index in [0.717, 1.165) is 56.5 Å². The third-order valence-electron chi connectivity index (χ3n) is 15.8. The largest absolute Gasteiger partial charge is 0.481 e. The molecule has 0 spiro atoms. The SMILES string of the molecule is CC[C@H](C)[C@H](NC(=O)[C@@H](NC(=O)C(CCC(=O)O)NC(=O)[C@H](CCSC)NC(=O)C(CC(C)C)NC(=O)C(CCCCNC(=O)COCC(=O)CCCCOCCOCCOCCCCC(=O)CCCNC(=O)CCCCCCCSCCNC(=O)O)NC)[C@@H](C)CC)C(N)=O.O=C=O.O=C=O. The molecule has 0 heterocycles. The Morgan fingerprint density at radius 1 is 0.441 bits per heavy atom. The quantitative estimate of drug-likeness (QED) is 0.0389. The molecule has 0 fully saturated rings. The first-order valence-electron chi connectivity index (χ1n) is 35.3. The van der Waals surface area contributed by atoms with E-state index in [1.807, 2.05) is 20.8 Å². The van der Waals surface area contributed by atoms with Gasteiger partial charge in [0.1, 0.15) is 49.2 Å². The van der Waals surface area contributed by atoms with Crippen LogP contribution in [0.3, 0.4) is 0 Å². The van der Waals surface area contributed by atoms with E-state index in [1.165, 1.54) is 11.8 Å². The number of thioether (sulfide) groups is 2. The molecule has 0 saturated heterocycles. The predicted molar refractivity (Wildman–Crippen MR) is 381 cm³/mol. The Morgan fingerprint density at radius 2 is 0.922 bits per heavy atom. The highest BCUT2D eigenvalue weighted by molar-refractivity contribution is 7.99. The minimum Gasteiger partial charge on any atom is -0.481 e. The number of rotatable bonds is 64. The molecular weight excluding hydrogens is 1370 g/mol. The number of nitrogens with two attached hydrogens (primary N) is 1. The number of primary amides is 1. The molecule has 32 nitrogen and oxygen atoms in total. The van der Waals surface area contributed by atoms with Gasteiger partial charge in [-0.15, -0.1) is 0 Å². The molecule has 3 unspecified atom stereocenters. The second-order valence-electron chi connectivity index (χ2n) is 24.7. The van der Waals surface area contributed by atoms with Crippen LogP contribution in [0.2, 0.25) is 0 Å². The number of hydrogen-bond donors (Lipinski definition) is 12. The zero-order chi connectivity index (χ0) is 77.3. The van der Waals surface area contributed by atoms with Crippen LogP contribution in [0.25, 0.3) is 0 Å². The van der Waals surface area contributed by atoms with Crippen LogP contribution in [0.15, 0.2) is 0 Å². The highest BCUT2D eigenvalue weighted by atomic mass is 32.2. The second kappa shape index (κ2) is 67.3. The van der Waals surface area contributed by atoms with Crippen LogP contribution in [0.1, 0.15) is 189 Å². The molecule has 0 aliphatic rings. The summed E-state index contributed by atoms with van der Waals surface area (Å²) < 4.78 is 22.1. The minimum atomic E-state index is -1.44. The zero-order valence-corrected chi connectivity index (χ0v) is 62.9. The van der Waals surface area contributed by atoms with Crippen molar-refractivity contribution in [1.82, 2.24) is 47.9 Å². The predicted octanol–water partition coefficient (Wildman–Crippen LogP) is 3.14. The van der Waals surface area contributed by atoms with E-state index < -0.39 is 102 Å². The average molecular weight is 1490 g/mol. The monoisotopic (exact) mass is 1490 g/mol. The van der Waals surface area contributed by atoms with E-state index in [1.54, 1.807) is 45.8 Å². The summed E-state index contributed by atoms with van der Waals surface area (Å²) in [6.07, 6.45) is 13.3. The van der Waals surface area contributed by atoms with Gasteiger partial charge in [0.25, 0.3) is 0 Å². The topological polar surface area (TPSA) is 485 Å². The molecule has 13 N–H and O–H groups in total. The van der Waals surface area contributed by atoms with Gasteiger partial charge in [0.2, 0.25) is 47.3 Å². The lowest BCUT2D eigenvalue weighted by atomic mass is 9.94. The third kappa shape index (κ3) is 57.6. The number of aliphatic carboxylic acids is 1. The molecule has 34 heteroatoms.